The van der Waals surface area contributed by atoms with Gasteiger partial charge in [0.1, 0.15) is 11.2 Å². The number of fused-ring (bicyclic) bond motifs is 1. The number of carbonyl (C=O) groups is 3. The van der Waals surface area contributed by atoms with Gasteiger partial charge in [0.2, 0.25) is 5.91 Å². The third-order valence-corrected chi connectivity index (χ3v) is 6.48. The Hall–Kier alpha value is -3.94. The van der Waals surface area contributed by atoms with Gasteiger partial charge in [0.25, 0.3) is 11.8 Å². The molecule has 8 nitrogen and oxygen atoms in total. The molecule has 1 aromatic heterocycles. The predicted molar refractivity (Wildman–Crippen MR) is 126 cm³/mol. The molecule has 0 saturated heterocycles. The van der Waals surface area contributed by atoms with Crippen LogP contribution >= 0.6 is 0 Å². The third kappa shape index (κ3) is 4.07. The lowest BCUT2D eigenvalue weighted by atomic mass is 9.93. The molecular weight excluding hydrogens is 430 g/mol. The summed E-state index contributed by atoms with van der Waals surface area (Å²) in [4.78, 5) is 45.9. The number of rotatable bonds is 7. The molecule has 1 saturated carbocycles. The van der Waals surface area contributed by atoms with Crippen molar-refractivity contribution in [2.75, 3.05) is 0 Å². The molecule has 1 atom stereocenters. The summed E-state index contributed by atoms with van der Waals surface area (Å²) >= 11 is 0. The second kappa shape index (κ2) is 8.78. The Morgan fingerprint density at radius 2 is 1.56 bits per heavy atom. The largest absolute Gasteiger partial charge is 0.350 e. The van der Waals surface area contributed by atoms with Gasteiger partial charge in [-0.25, -0.2) is 4.98 Å². The fraction of sp³-hybridized carbons (Fsp3) is 0.308. The Bertz CT molecular complexity index is 1220. The van der Waals surface area contributed by atoms with Crippen LogP contribution in [0.2, 0.25) is 0 Å². The van der Waals surface area contributed by atoms with Gasteiger partial charge in [0.15, 0.2) is 5.69 Å². The summed E-state index contributed by atoms with van der Waals surface area (Å²) in [6.07, 6.45) is 3.17. The van der Waals surface area contributed by atoms with E-state index >= 15 is 0 Å². The summed E-state index contributed by atoms with van der Waals surface area (Å²) in [5.74, 6) is -0.946. The van der Waals surface area contributed by atoms with E-state index in [0.29, 0.717) is 13.1 Å². The van der Waals surface area contributed by atoms with Gasteiger partial charge in [-0.05, 0) is 30.9 Å². The summed E-state index contributed by atoms with van der Waals surface area (Å²) in [6, 6.07) is 19.2. The minimum atomic E-state index is -1.07. The SMILES string of the molecule is CC1(C(=O)NCc2ccccc2)Cn2cnc(C(=O)NCc3ccccc3)c2C(=O)N1C1CC1. The molecule has 1 aliphatic carbocycles. The number of amides is 3. The van der Waals surface area contributed by atoms with E-state index in [-0.39, 0.29) is 35.8 Å². The van der Waals surface area contributed by atoms with E-state index in [0.717, 1.165) is 24.0 Å². The van der Waals surface area contributed by atoms with Crippen molar-refractivity contribution in [2.24, 2.45) is 0 Å². The van der Waals surface area contributed by atoms with Crippen LogP contribution in [0.5, 0.6) is 0 Å². The van der Waals surface area contributed by atoms with Crippen LogP contribution in [0.15, 0.2) is 67.0 Å². The zero-order valence-corrected chi connectivity index (χ0v) is 19.0. The maximum atomic E-state index is 13.7. The maximum absolute atomic E-state index is 13.7. The quantitative estimate of drug-likeness (QED) is 0.570. The highest BCUT2D eigenvalue weighted by Crippen LogP contribution is 2.38. The highest BCUT2D eigenvalue weighted by atomic mass is 16.2. The smallest absolute Gasteiger partial charge is 0.274 e. The second-order valence-electron chi connectivity index (χ2n) is 9.09. The monoisotopic (exact) mass is 457 g/mol. The molecular formula is C26H27N5O3. The fourth-order valence-corrected chi connectivity index (χ4v) is 4.55. The van der Waals surface area contributed by atoms with Crippen LogP contribution < -0.4 is 10.6 Å². The molecule has 2 aliphatic rings. The number of carbonyl (C=O) groups excluding carboxylic acids is 3. The minimum Gasteiger partial charge on any atom is -0.350 e. The van der Waals surface area contributed by atoms with E-state index in [9.17, 15) is 14.4 Å². The molecule has 2 N–H and O–H groups in total. The van der Waals surface area contributed by atoms with Gasteiger partial charge in [-0.15, -0.1) is 0 Å². The summed E-state index contributed by atoms with van der Waals surface area (Å²) in [7, 11) is 0. The predicted octanol–water partition coefficient (Wildman–Crippen LogP) is 2.51. The fourth-order valence-electron chi connectivity index (χ4n) is 4.55. The van der Waals surface area contributed by atoms with E-state index in [1.54, 1.807) is 16.4 Å². The molecule has 1 fully saturated rings. The highest BCUT2D eigenvalue weighted by molar-refractivity contribution is 6.07. The van der Waals surface area contributed by atoms with Crippen molar-refractivity contribution >= 4 is 17.7 Å². The van der Waals surface area contributed by atoms with Crippen LogP contribution in [0.4, 0.5) is 0 Å². The number of hydrogen-bond acceptors (Lipinski definition) is 4. The number of imidazole rings is 1. The Labute approximate surface area is 198 Å². The summed E-state index contributed by atoms with van der Waals surface area (Å²) in [6.45, 7) is 2.75. The molecule has 34 heavy (non-hydrogen) atoms. The molecule has 3 aromatic rings. The Morgan fingerprint density at radius 3 is 2.15 bits per heavy atom. The van der Waals surface area contributed by atoms with E-state index < -0.39 is 11.4 Å². The third-order valence-electron chi connectivity index (χ3n) is 6.48. The van der Waals surface area contributed by atoms with Gasteiger partial charge in [-0.3, -0.25) is 14.4 Å². The highest BCUT2D eigenvalue weighted by Gasteiger charge is 2.53. The number of hydrogen-bond donors (Lipinski definition) is 2. The Morgan fingerprint density at radius 1 is 0.971 bits per heavy atom. The van der Waals surface area contributed by atoms with Crippen LogP contribution in [0.3, 0.4) is 0 Å². The van der Waals surface area contributed by atoms with Crippen molar-refractivity contribution in [3.63, 3.8) is 0 Å². The zero-order chi connectivity index (χ0) is 23.7. The first-order valence-electron chi connectivity index (χ1n) is 11.5. The van der Waals surface area contributed by atoms with Gasteiger partial charge in [0.05, 0.1) is 12.9 Å². The van der Waals surface area contributed by atoms with Gasteiger partial charge in [-0.1, -0.05) is 60.7 Å². The van der Waals surface area contributed by atoms with Gasteiger partial charge in [0, 0.05) is 19.1 Å². The molecule has 3 amide bonds. The Balaban J connectivity index is 1.37. The maximum Gasteiger partial charge on any atom is 0.274 e. The van der Waals surface area contributed by atoms with Crippen LogP contribution in [-0.4, -0.2) is 43.8 Å². The molecule has 0 bridgehead atoms. The van der Waals surface area contributed by atoms with E-state index in [1.165, 1.54) is 6.33 Å². The van der Waals surface area contributed by atoms with Gasteiger partial charge in [-0.2, -0.15) is 0 Å². The lowest BCUT2D eigenvalue weighted by molar-refractivity contribution is -0.133. The molecule has 8 heteroatoms. The van der Waals surface area contributed by atoms with Gasteiger partial charge < -0.3 is 20.1 Å². The first-order chi connectivity index (χ1) is 16.5. The number of benzene rings is 2. The second-order valence-corrected chi connectivity index (χ2v) is 9.09. The Kier molecular flexibility index (Phi) is 5.65. The van der Waals surface area contributed by atoms with Gasteiger partial charge >= 0.3 is 0 Å². The van der Waals surface area contributed by atoms with Crippen molar-refractivity contribution in [1.29, 1.82) is 0 Å². The van der Waals surface area contributed by atoms with Crippen LogP contribution in [0.1, 0.15) is 51.9 Å². The van der Waals surface area contributed by atoms with Crippen molar-refractivity contribution < 1.29 is 14.4 Å². The molecule has 5 rings (SSSR count). The topological polar surface area (TPSA) is 96.3 Å². The van der Waals surface area contributed by atoms with Crippen molar-refractivity contribution in [3.8, 4) is 0 Å². The standard InChI is InChI=1S/C26H27N5O3/c1-26(25(34)28-15-19-10-6-3-7-11-19)16-30-17-29-21(22(30)24(33)31(26)20-12-13-20)23(32)27-14-18-8-4-2-5-9-18/h2-11,17,20H,12-16H2,1H3,(H,27,32)(H,28,34). The summed E-state index contributed by atoms with van der Waals surface area (Å²) in [5.41, 5.74) is 1.21. The van der Waals surface area contributed by atoms with E-state index in [2.05, 4.69) is 15.6 Å². The molecule has 2 aromatic carbocycles. The zero-order valence-electron chi connectivity index (χ0n) is 19.0. The van der Waals surface area contributed by atoms with Crippen molar-refractivity contribution in [2.45, 2.75) is 51.0 Å². The average molecular weight is 458 g/mol. The first-order valence-corrected chi connectivity index (χ1v) is 11.5. The number of nitrogens with zero attached hydrogens (tertiary/aromatic N) is 3. The van der Waals surface area contributed by atoms with Crippen LogP contribution in [0, 0.1) is 0 Å². The summed E-state index contributed by atoms with van der Waals surface area (Å²) < 4.78 is 1.64. The van der Waals surface area contributed by atoms with Crippen molar-refractivity contribution in [3.05, 3.63) is 89.5 Å². The lowest BCUT2D eigenvalue weighted by Crippen LogP contribution is -2.64. The summed E-state index contributed by atoms with van der Waals surface area (Å²) in [5, 5.41) is 5.84. The van der Waals surface area contributed by atoms with E-state index in [4.69, 9.17) is 0 Å². The normalized spacial score (nSPS) is 19.4. The van der Waals surface area contributed by atoms with Crippen LogP contribution in [0.25, 0.3) is 0 Å². The molecule has 1 aliphatic heterocycles. The van der Waals surface area contributed by atoms with Crippen molar-refractivity contribution in [1.82, 2.24) is 25.1 Å². The number of nitrogens with one attached hydrogen (secondary N) is 2. The molecule has 174 valence electrons. The first kappa shape index (κ1) is 21.9. The minimum absolute atomic E-state index is 0.0103. The van der Waals surface area contributed by atoms with E-state index in [1.807, 2.05) is 60.7 Å². The molecule has 0 spiro atoms. The molecule has 2 heterocycles. The van der Waals surface area contributed by atoms with Crippen LogP contribution in [-0.2, 0) is 24.4 Å². The average Bonchev–Trinajstić information content (AvgIpc) is 3.60. The lowest BCUT2D eigenvalue weighted by Gasteiger charge is -2.44. The molecule has 1 unspecified atom stereocenters. The number of aromatic nitrogens is 2. The molecule has 0 radical (unpaired) electrons.